The molecule has 2 unspecified atom stereocenters. The highest BCUT2D eigenvalue weighted by Gasteiger charge is 2.30. The van der Waals surface area contributed by atoms with E-state index in [0.29, 0.717) is 0 Å². The van der Waals surface area contributed by atoms with Crippen LogP contribution in [0.1, 0.15) is 32.3 Å². The summed E-state index contributed by atoms with van der Waals surface area (Å²) >= 11 is 0. The Bertz CT molecular complexity index is 243. The van der Waals surface area contributed by atoms with E-state index in [9.17, 15) is 5.11 Å². The van der Waals surface area contributed by atoms with E-state index < -0.39 is 5.60 Å². The lowest BCUT2D eigenvalue weighted by molar-refractivity contribution is 0.0258. The monoisotopic (exact) mass is 183 g/mol. The average molecular weight is 183 g/mol. The van der Waals surface area contributed by atoms with Crippen LogP contribution in [0.5, 0.6) is 0 Å². The van der Waals surface area contributed by atoms with E-state index in [0.717, 1.165) is 18.4 Å². The van der Waals surface area contributed by atoms with Crippen LogP contribution in [0, 0.1) is 0 Å². The molecule has 0 saturated heterocycles. The first-order chi connectivity index (χ1) is 6.09. The molecule has 0 aromatic carbocycles. The van der Waals surface area contributed by atoms with Crippen LogP contribution in [0.3, 0.4) is 0 Å². The highest BCUT2D eigenvalue weighted by atomic mass is 16.3. The number of aliphatic hydroxyl groups is 1. The van der Waals surface area contributed by atoms with Crippen molar-refractivity contribution in [1.82, 2.24) is 10.2 Å². The fourth-order valence-corrected chi connectivity index (χ4v) is 1.33. The van der Waals surface area contributed by atoms with Crippen LogP contribution in [-0.4, -0.2) is 21.3 Å². The predicted molar refractivity (Wildman–Crippen MR) is 51.0 cm³/mol. The van der Waals surface area contributed by atoms with E-state index in [2.05, 4.69) is 10.2 Å². The lowest BCUT2D eigenvalue weighted by Crippen LogP contribution is -2.42. The number of rotatable bonds is 4. The van der Waals surface area contributed by atoms with Crippen LogP contribution in [-0.2, 0) is 5.60 Å². The summed E-state index contributed by atoms with van der Waals surface area (Å²) in [7, 11) is 0. The molecule has 4 nitrogen and oxygen atoms in total. The first-order valence-electron chi connectivity index (χ1n) is 4.56. The zero-order valence-electron chi connectivity index (χ0n) is 8.12. The lowest BCUT2D eigenvalue weighted by atomic mass is 9.88. The summed E-state index contributed by atoms with van der Waals surface area (Å²) in [6.07, 6.45) is 5.05. The van der Waals surface area contributed by atoms with Crippen molar-refractivity contribution in [3.63, 3.8) is 0 Å². The minimum absolute atomic E-state index is 0.241. The first kappa shape index (κ1) is 10.2. The lowest BCUT2D eigenvalue weighted by Gasteiger charge is -2.28. The number of nitrogens with one attached hydrogen (secondary N) is 1. The Morgan fingerprint density at radius 2 is 2.46 bits per heavy atom. The maximum absolute atomic E-state index is 10.1. The molecular formula is C9H17N3O. The van der Waals surface area contributed by atoms with Crippen LogP contribution in [0.15, 0.2) is 12.4 Å². The topological polar surface area (TPSA) is 74.9 Å². The van der Waals surface area contributed by atoms with Crippen molar-refractivity contribution >= 4 is 0 Å². The van der Waals surface area contributed by atoms with Gasteiger partial charge in [0, 0.05) is 17.8 Å². The highest BCUT2D eigenvalue weighted by molar-refractivity contribution is 5.15. The van der Waals surface area contributed by atoms with Crippen molar-refractivity contribution in [2.45, 2.75) is 38.3 Å². The smallest absolute Gasteiger partial charge is 0.105 e. The maximum atomic E-state index is 10.1. The molecule has 0 saturated carbocycles. The number of hydrogen-bond acceptors (Lipinski definition) is 3. The Kier molecular flexibility index (Phi) is 3.06. The average Bonchev–Trinajstić information content (AvgIpc) is 2.56. The largest absolute Gasteiger partial charge is 0.384 e. The van der Waals surface area contributed by atoms with Crippen molar-refractivity contribution in [3.8, 4) is 0 Å². The summed E-state index contributed by atoms with van der Waals surface area (Å²) in [6.45, 7) is 3.77. The van der Waals surface area contributed by atoms with Crippen LogP contribution in [0.25, 0.3) is 0 Å². The zero-order chi connectivity index (χ0) is 9.90. The maximum Gasteiger partial charge on any atom is 0.105 e. The second-order valence-corrected chi connectivity index (χ2v) is 3.53. The Morgan fingerprint density at radius 1 is 1.77 bits per heavy atom. The van der Waals surface area contributed by atoms with E-state index in [1.54, 1.807) is 19.3 Å². The normalized spacial score (nSPS) is 18.2. The van der Waals surface area contributed by atoms with Crippen molar-refractivity contribution in [2.75, 3.05) is 0 Å². The van der Waals surface area contributed by atoms with E-state index in [-0.39, 0.29) is 6.04 Å². The molecule has 1 heterocycles. The van der Waals surface area contributed by atoms with Gasteiger partial charge in [-0.15, -0.1) is 0 Å². The number of aromatic nitrogens is 2. The predicted octanol–water partition coefficient (Wildman–Crippen LogP) is 0.745. The second kappa shape index (κ2) is 3.89. The van der Waals surface area contributed by atoms with Gasteiger partial charge < -0.3 is 10.8 Å². The molecule has 4 N–H and O–H groups in total. The van der Waals surface area contributed by atoms with Crippen LogP contribution >= 0.6 is 0 Å². The molecule has 0 aliphatic carbocycles. The zero-order valence-corrected chi connectivity index (χ0v) is 8.12. The summed E-state index contributed by atoms with van der Waals surface area (Å²) in [5.74, 6) is 0. The Morgan fingerprint density at radius 3 is 2.92 bits per heavy atom. The number of hydrogen-bond donors (Lipinski definition) is 3. The molecule has 1 aromatic heterocycles. The third-order valence-corrected chi connectivity index (χ3v) is 2.40. The van der Waals surface area contributed by atoms with Crippen molar-refractivity contribution in [2.24, 2.45) is 5.73 Å². The standard InChI is InChI=1S/C9H17N3O/c1-3-4-8(10)9(2,13)7-5-11-12-6-7/h5-6,8,13H,3-4,10H2,1-2H3,(H,11,12). The minimum Gasteiger partial charge on any atom is -0.384 e. The van der Waals surface area contributed by atoms with Gasteiger partial charge in [-0.05, 0) is 13.3 Å². The summed E-state index contributed by atoms with van der Waals surface area (Å²) < 4.78 is 0. The van der Waals surface area contributed by atoms with Crippen LogP contribution in [0.2, 0.25) is 0 Å². The molecule has 2 atom stereocenters. The van der Waals surface area contributed by atoms with Crippen molar-refractivity contribution in [1.29, 1.82) is 0 Å². The molecule has 1 aromatic rings. The molecular weight excluding hydrogens is 166 g/mol. The number of nitrogens with two attached hydrogens (primary N) is 1. The van der Waals surface area contributed by atoms with Crippen molar-refractivity contribution in [3.05, 3.63) is 18.0 Å². The third-order valence-electron chi connectivity index (χ3n) is 2.40. The molecule has 0 radical (unpaired) electrons. The SMILES string of the molecule is CCCC(N)C(C)(O)c1cn[nH]c1. The third kappa shape index (κ3) is 2.08. The molecule has 0 aliphatic rings. The molecule has 0 aliphatic heterocycles. The van der Waals surface area contributed by atoms with Crippen molar-refractivity contribution < 1.29 is 5.11 Å². The van der Waals surface area contributed by atoms with Gasteiger partial charge in [0.25, 0.3) is 0 Å². The summed E-state index contributed by atoms with van der Waals surface area (Å²) in [5, 5.41) is 16.5. The van der Waals surface area contributed by atoms with Gasteiger partial charge in [0.1, 0.15) is 5.60 Å². The van der Waals surface area contributed by atoms with Gasteiger partial charge >= 0.3 is 0 Å². The molecule has 0 bridgehead atoms. The Balaban J connectivity index is 2.76. The van der Waals surface area contributed by atoms with Gasteiger partial charge in [-0.25, -0.2) is 0 Å². The fraction of sp³-hybridized carbons (Fsp3) is 0.667. The Labute approximate surface area is 78.2 Å². The summed E-state index contributed by atoms with van der Waals surface area (Å²) in [4.78, 5) is 0. The van der Waals surface area contributed by atoms with E-state index >= 15 is 0 Å². The number of aromatic amines is 1. The number of H-pyrrole nitrogens is 1. The molecule has 13 heavy (non-hydrogen) atoms. The van der Waals surface area contributed by atoms with E-state index in [4.69, 9.17) is 5.73 Å². The first-order valence-corrected chi connectivity index (χ1v) is 4.56. The van der Waals surface area contributed by atoms with Gasteiger partial charge in [-0.3, -0.25) is 5.10 Å². The molecule has 0 amide bonds. The van der Waals surface area contributed by atoms with Gasteiger partial charge in [0.05, 0.1) is 6.20 Å². The molecule has 0 spiro atoms. The van der Waals surface area contributed by atoms with Gasteiger partial charge in [0.15, 0.2) is 0 Å². The molecule has 74 valence electrons. The van der Waals surface area contributed by atoms with E-state index in [1.165, 1.54) is 0 Å². The summed E-state index contributed by atoms with van der Waals surface area (Å²) in [5.41, 5.74) is 5.62. The second-order valence-electron chi connectivity index (χ2n) is 3.53. The summed E-state index contributed by atoms with van der Waals surface area (Å²) in [6, 6.07) is -0.241. The number of nitrogens with zero attached hydrogens (tertiary/aromatic N) is 1. The van der Waals surface area contributed by atoms with Gasteiger partial charge in [-0.2, -0.15) is 5.10 Å². The quantitative estimate of drug-likeness (QED) is 0.644. The van der Waals surface area contributed by atoms with Gasteiger partial charge in [0.2, 0.25) is 0 Å². The van der Waals surface area contributed by atoms with E-state index in [1.807, 2.05) is 6.92 Å². The molecule has 0 fully saturated rings. The molecule has 1 rings (SSSR count). The van der Waals surface area contributed by atoms with Crippen LogP contribution < -0.4 is 5.73 Å². The molecule has 4 heteroatoms. The Hall–Kier alpha value is -0.870. The highest BCUT2D eigenvalue weighted by Crippen LogP contribution is 2.24. The fourth-order valence-electron chi connectivity index (χ4n) is 1.33. The van der Waals surface area contributed by atoms with Gasteiger partial charge in [-0.1, -0.05) is 13.3 Å². The van der Waals surface area contributed by atoms with Crippen LogP contribution in [0.4, 0.5) is 0 Å². The minimum atomic E-state index is -0.983.